The molecule has 1 aliphatic carbocycles. The van der Waals surface area contributed by atoms with Crippen LogP contribution in [0.25, 0.3) is 10.9 Å². The van der Waals surface area contributed by atoms with Gasteiger partial charge in [-0.25, -0.2) is 13.1 Å². The van der Waals surface area contributed by atoms with Crippen LogP contribution in [0.2, 0.25) is 0 Å². The van der Waals surface area contributed by atoms with E-state index in [1.54, 1.807) is 30.3 Å². The monoisotopic (exact) mass is 408 g/mol. The first-order chi connectivity index (χ1) is 13.0. The van der Waals surface area contributed by atoms with E-state index in [0.717, 1.165) is 22.2 Å². The summed E-state index contributed by atoms with van der Waals surface area (Å²) in [4.78, 5) is 11.5. The van der Waals surface area contributed by atoms with Crippen LogP contribution in [0.4, 0.5) is 0 Å². The number of benzene rings is 2. The van der Waals surface area contributed by atoms with Crippen LogP contribution in [0.15, 0.2) is 59.5 Å². The van der Waals surface area contributed by atoms with Crippen molar-refractivity contribution in [1.29, 1.82) is 0 Å². The van der Waals surface area contributed by atoms with Crippen molar-refractivity contribution in [3.8, 4) is 0 Å². The van der Waals surface area contributed by atoms with Gasteiger partial charge >= 0.3 is 35.5 Å². The van der Waals surface area contributed by atoms with Gasteiger partial charge < -0.3 is 9.67 Å². The molecule has 0 saturated heterocycles. The van der Waals surface area contributed by atoms with E-state index in [2.05, 4.69) is 4.72 Å². The molecule has 8 heteroatoms. The molecule has 3 aromatic rings. The van der Waals surface area contributed by atoms with Crippen molar-refractivity contribution < 1.29 is 18.3 Å². The molecular formula is C20H21N2NaO4S. The summed E-state index contributed by atoms with van der Waals surface area (Å²) in [5.41, 5.74) is 2.92. The number of aliphatic carboxylic acids is 1. The Morgan fingerprint density at radius 2 is 1.79 bits per heavy atom. The molecule has 6 nitrogen and oxygen atoms in total. The predicted molar refractivity (Wildman–Crippen MR) is 109 cm³/mol. The van der Waals surface area contributed by atoms with E-state index >= 15 is 0 Å². The van der Waals surface area contributed by atoms with Crippen LogP contribution < -0.4 is 4.72 Å². The van der Waals surface area contributed by atoms with Crippen LogP contribution in [-0.4, -0.2) is 59.7 Å². The molecule has 0 saturated carbocycles. The summed E-state index contributed by atoms with van der Waals surface area (Å²) in [6.07, 6.45) is 1.82. The number of carboxylic acids is 1. The van der Waals surface area contributed by atoms with Crippen LogP contribution in [0.5, 0.6) is 0 Å². The van der Waals surface area contributed by atoms with Crippen molar-refractivity contribution in [2.75, 3.05) is 0 Å². The molecule has 0 amide bonds. The average molecular weight is 408 g/mol. The number of nitrogens with one attached hydrogen (secondary N) is 1. The zero-order chi connectivity index (χ0) is 19.0. The summed E-state index contributed by atoms with van der Waals surface area (Å²) in [5, 5.41) is 10.3. The van der Waals surface area contributed by atoms with Gasteiger partial charge in [0.15, 0.2) is 0 Å². The van der Waals surface area contributed by atoms with E-state index in [1.165, 1.54) is 0 Å². The molecule has 1 aromatic heterocycles. The van der Waals surface area contributed by atoms with Crippen molar-refractivity contribution >= 4 is 56.5 Å². The Labute approximate surface area is 185 Å². The van der Waals surface area contributed by atoms with Crippen molar-refractivity contribution in [1.82, 2.24) is 9.29 Å². The predicted octanol–water partition coefficient (Wildman–Crippen LogP) is 1.91. The number of hydrogen-bond donors (Lipinski definition) is 2. The molecule has 0 bridgehead atoms. The molecule has 0 radical (unpaired) electrons. The van der Waals surface area contributed by atoms with E-state index in [9.17, 15) is 18.3 Å². The van der Waals surface area contributed by atoms with Crippen LogP contribution in [0, 0.1) is 0 Å². The second kappa shape index (κ2) is 8.39. The Morgan fingerprint density at radius 3 is 2.50 bits per heavy atom. The van der Waals surface area contributed by atoms with E-state index in [0.29, 0.717) is 19.3 Å². The van der Waals surface area contributed by atoms with Crippen LogP contribution >= 0.6 is 0 Å². The van der Waals surface area contributed by atoms with Crippen molar-refractivity contribution in [2.45, 2.75) is 36.7 Å². The van der Waals surface area contributed by atoms with Crippen molar-refractivity contribution in [3.63, 3.8) is 0 Å². The second-order valence-corrected chi connectivity index (χ2v) is 8.51. The molecule has 1 aliphatic rings. The fraction of sp³-hybridized carbons (Fsp3) is 0.250. The third-order valence-corrected chi connectivity index (χ3v) is 6.58. The van der Waals surface area contributed by atoms with Gasteiger partial charge in [0.25, 0.3) is 0 Å². The molecule has 0 aliphatic heterocycles. The summed E-state index contributed by atoms with van der Waals surface area (Å²) in [7, 11) is -3.58. The summed E-state index contributed by atoms with van der Waals surface area (Å²) in [6, 6.07) is 15.8. The standard InChI is InChI=1S/C20H20N2O4S.Na.H/c23-20(24)13-22-18-9-5-4-8-16(18)17-12-14(10-11-19(17)22)21-27(25,26)15-6-2-1-3-7-15;;/h1-9,14,21H,10-13H2,(H,23,24);;. The van der Waals surface area contributed by atoms with Crippen LogP contribution in [-0.2, 0) is 34.2 Å². The third-order valence-electron chi connectivity index (χ3n) is 5.04. The quantitative estimate of drug-likeness (QED) is 0.632. The summed E-state index contributed by atoms with van der Waals surface area (Å²) in [6.45, 7) is -0.0870. The Hall–Kier alpha value is -1.64. The minimum atomic E-state index is -3.58. The number of carboxylic acid groups (broad SMARTS) is 1. The van der Waals surface area contributed by atoms with Gasteiger partial charge in [-0.05, 0) is 43.0 Å². The average Bonchev–Trinajstić information content (AvgIpc) is 2.95. The van der Waals surface area contributed by atoms with Gasteiger partial charge in [0, 0.05) is 22.6 Å². The molecule has 4 rings (SSSR count). The zero-order valence-electron chi connectivity index (χ0n) is 14.6. The maximum atomic E-state index is 12.6. The van der Waals surface area contributed by atoms with Gasteiger partial charge in [-0.3, -0.25) is 4.79 Å². The van der Waals surface area contributed by atoms with Crippen LogP contribution in [0.1, 0.15) is 17.7 Å². The Morgan fingerprint density at radius 1 is 1.11 bits per heavy atom. The van der Waals surface area contributed by atoms with E-state index < -0.39 is 16.0 Å². The molecule has 0 fully saturated rings. The van der Waals surface area contributed by atoms with Crippen LogP contribution in [0.3, 0.4) is 0 Å². The zero-order valence-corrected chi connectivity index (χ0v) is 15.4. The first kappa shape index (κ1) is 21.1. The topological polar surface area (TPSA) is 88.4 Å². The molecular weight excluding hydrogens is 387 g/mol. The number of carbonyl (C=O) groups is 1. The van der Waals surface area contributed by atoms with Gasteiger partial charge in [-0.1, -0.05) is 36.4 Å². The summed E-state index contributed by atoms with van der Waals surface area (Å²) >= 11 is 0. The summed E-state index contributed by atoms with van der Waals surface area (Å²) < 4.78 is 29.9. The molecule has 2 aromatic carbocycles. The molecule has 28 heavy (non-hydrogen) atoms. The molecule has 1 unspecified atom stereocenters. The van der Waals surface area contributed by atoms with Crippen molar-refractivity contribution in [2.24, 2.45) is 0 Å². The maximum absolute atomic E-state index is 12.6. The van der Waals surface area contributed by atoms with Gasteiger partial charge in [0.1, 0.15) is 6.54 Å². The summed E-state index contributed by atoms with van der Waals surface area (Å²) in [5.74, 6) is -0.884. The molecule has 142 valence electrons. The molecule has 0 spiro atoms. The number of nitrogens with zero attached hydrogens (tertiary/aromatic N) is 1. The number of fused-ring (bicyclic) bond motifs is 3. The van der Waals surface area contributed by atoms with E-state index in [4.69, 9.17) is 0 Å². The second-order valence-electron chi connectivity index (χ2n) is 6.80. The Bertz CT molecular complexity index is 1110. The van der Waals surface area contributed by atoms with Gasteiger partial charge in [0.05, 0.1) is 4.90 Å². The SMILES string of the molecule is O=C(O)Cn1c2c(c3ccccc31)CC(NS(=O)(=O)c1ccccc1)CC2.[NaH]. The molecule has 2 N–H and O–H groups in total. The van der Waals surface area contributed by atoms with E-state index in [-0.39, 0.29) is 47.0 Å². The minimum absolute atomic E-state index is 0. The van der Waals surface area contributed by atoms with Gasteiger partial charge in [-0.15, -0.1) is 0 Å². The third kappa shape index (κ3) is 4.04. The number of sulfonamides is 1. The normalized spacial score (nSPS) is 16.4. The van der Waals surface area contributed by atoms with Gasteiger partial charge in [-0.2, -0.15) is 0 Å². The fourth-order valence-corrected chi connectivity index (χ4v) is 5.20. The van der Waals surface area contributed by atoms with Gasteiger partial charge in [0.2, 0.25) is 10.0 Å². The Kier molecular flexibility index (Phi) is 6.31. The van der Waals surface area contributed by atoms with E-state index in [1.807, 2.05) is 28.8 Å². The first-order valence-electron chi connectivity index (χ1n) is 8.84. The fourth-order valence-electron chi connectivity index (χ4n) is 3.90. The first-order valence-corrected chi connectivity index (χ1v) is 10.3. The number of rotatable bonds is 5. The van der Waals surface area contributed by atoms with Crippen molar-refractivity contribution in [3.05, 3.63) is 65.9 Å². The Balaban J connectivity index is 0.00000225. The number of para-hydroxylation sites is 1. The molecule has 1 atom stereocenters. The number of aromatic nitrogens is 1. The number of hydrogen-bond acceptors (Lipinski definition) is 3. The molecule has 1 heterocycles.